The monoisotopic (exact) mass is 1920 g/mol. The molecule has 133 heavy (non-hydrogen) atoms. The molecular formula is C106H106F6O15S6. The second-order valence-corrected chi connectivity index (χ2v) is 48.2. The maximum atomic E-state index is 13.7. The van der Waals surface area contributed by atoms with Crippen molar-refractivity contribution in [2.75, 3.05) is 6.61 Å². The number of benzene rings is 11. The van der Waals surface area contributed by atoms with Gasteiger partial charge < -0.3 is 27.9 Å². The fourth-order valence-corrected chi connectivity index (χ4v) is 30.6. The molecule has 0 aliphatic heterocycles. The van der Waals surface area contributed by atoms with Gasteiger partial charge in [0.05, 0.1) is 39.3 Å². The van der Waals surface area contributed by atoms with Crippen LogP contribution in [-0.4, -0.2) is 90.4 Å². The van der Waals surface area contributed by atoms with Gasteiger partial charge in [0.2, 0.25) is 0 Å². The summed E-state index contributed by atoms with van der Waals surface area (Å²) in [7, 11) is -18.3. The summed E-state index contributed by atoms with van der Waals surface area (Å²) in [6, 6.07) is 113. The molecule has 0 saturated heterocycles. The Hall–Kier alpha value is -9.81. The highest BCUT2D eigenvalue weighted by molar-refractivity contribution is 7.97. The van der Waals surface area contributed by atoms with E-state index in [0.29, 0.717) is 62.2 Å². The first-order chi connectivity index (χ1) is 63.2. The zero-order valence-corrected chi connectivity index (χ0v) is 78.7. The summed E-state index contributed by atoms with van der Waals surface area (Å²) < 4.78 is 192. The van der Waals surface area contributed by atoms with Gasteiger partial charge in [0, 0.05) is 5.41 Å². The van der Waals surface area contributed by atoms with E-state index < -0.39 is 80.6 Å². The maximum absolute atomic E-state index is 13.7. The van der Waals surface area contributed by atoms with Crippen molar-refractivity contribution < 1.29 is 93.8 Å². The maximum Gasteiger partial charge on any atom is 0.428 e. The first-order valence-corrected chi connectivity index (χ1v) is 52.6. The van der Waals surface area contributed by atoms with Gasteiger partial charge >= 0.3 is 33.7 Å². The van der Waals surface area contributed by atoms with E-state index >= 15 is 0 Å². The Kier molecular flexibility index (Phi) is 29.3. The van der Waals surface area contributed by atoms with Crippen molar-refractivity contribution in [2.45, 2.75) is 218 Å². The predicted molar refractivity (Wildman–Crippen MR) is 497 cm³/mol. The molecule has 0 radical (unpaired) electrons. The molecule has 12 fully saturated rings. The Morgan fingerprint density at radius 2 is 0.526 bits per heavy atom. The Morgan fingerprint density at radius 1 is 0.308 bits per heavy atom. The van der Waals surface area contributed by atoms with Crippen molar-refractivity contribution in [1.29, 1.82) is 0 Å². The lowest BCUT2D eigenvalue weighted by Gasteiger charge is -2.62. The van der Waals surface area contributed by atoms with Crippen LogP contribution in [0.2, 0.25) is 0 Å². The Bertz CT molecular complexity index is 5570. The zero-order valence-electron chi connectivity index (χ0n) is 73.8. The van der Waals surface area contributed by atoms with Gasteiger partial charge in [-0.25, -0.2) is 39.6 Å². The fraction of sp³-hybridized carbons (Fsp3) is 0.349. The zero-order chi connectivity index (χ0) is 94.5. The summed E-state index contributed by atoms with van der Waals surface area (Å²) in [5.41, 5.74) is 1.67. The Balaban J connectivity index is 0.000000123. The molecular weight excluding hydrogens is 1820 g/mol. The molecule has 0 amide bonds. The molecule has 0 heterocycles. The third-order valence-corrected chi connectivity index (χ3v) is 36.5. The van der Waals surface area contributed by atoms with Gasteiger partial charge in [-0.05, 0) is 301 Å². The molecule has 6 atom stereocenters. The number of hydrogen-bond acceptors (Lipinski definition) is 15. The van der Waals surface area contributed by atoms with Crippen LogP contribution in [0.1, 0.15) is 145 Å². The molecule has 12 aliphatic carbocycles. The molecule has 15 nitrogen and oxygen atoms in total. The van der Waals surface area contributed by atoms with Gasteiger partial charge in [-0.15, -0.1) is 0 Å². The molecule has 27 heteroatoms. The number of esters is 3. The minimum absolute atomic E-state index is 0.0146. The minimum Gasteiger partial charge on any atom is -0.743 e. The van der Waals surface area contributed by atoms with Gasteiger partial charge in [0.1, 0.15) is 11.2 Å². The van der Waals surface area contributed by atoms with Crippen LogP contribution in [0.4, 0.5) is 26.3 Å². The summed E-state index contributed by atoms with van der Waals surface area (Å²) in [5.74, 6) is -4.74. The van der Waals surface area contributed by atoms with E-state index in [1.807, 2.05) is 38.1 Å². The average Bonchev–Trinajstić information content (AvgIpc) is 0.708. The molecule has 6 unspecified atom stereocenters. The Labute approximate surface area is 784 Å². The molecule has 12 bridgehead atoms. The van der Waals surface area contributed by atoms with Gasteiger partial charge in [0.25, 0.3) is 0 Å². The van der Waals surface area contributed by atoms with Crippen molar-refractivity contribution in [3.63, 3.8) is 0 Å². The van der Waals surface area contributed by atoms with E-state index in [1.54, 1.807) is 0 Å². The third kappa shape index (κ3) is 22.3. The molecule has 0 spiro atoms. The SMILES string of the molecule is CC12CC3CC(C1)CC(OC(=O)C(F)(F)S(=O)(=O)[O-])(C3)C2.Cc1ccc(C23CC4CC(CC(COC(=O)C(F)(F)S(=O)(=O)[O-])(C4)C2)C3)cc1.Cc1ccc(C23CC4CC(CC(OC(=O)C(F)(F)S(=O)(=O)[O-])(C4)C2)C3)cc1.c1ccc([S+](c2ccccc2)c2ccccc2)cc1.c1ccc([S+](c2ccccc2)c2ccccc2)cc1.c1ccc([S+](c2ccccc2)c2ccccc2)cc1. The minimum atomic E-state index is -6.12. The molecule has 12 saturated carbocycles. The highest BCUT2D eigenvalue weighted by Gasteiger charge is 2.65. The number of aryl methyl sites for hydroxylation is 2. The normalized spacial score (nSPS) is 25.6. The number of ether oxygens (including phenoxy) is 3. The highest BCUT2D eigenvalue weighted by atomic mass is 32.2. The van der Waals surface area contributed by atoms with Crippen LogP contribution in [0.15, 0.2) is 366 Å². The van der Waals surface area contributed by atoms with E-state index in [-0.39, 0.29) is 67.4 Å². The summed E-state index contributed by atoms with van der Waals surface area (Å²) in [5, 5.41) is -15.1. The summed E-state index contributed by atoms with van der Waals surface area (Å²) in [6.45, 7) is 5.79. The number of carbonyl (C=O) groups is 3. The van der Waals surface area contributed by atoms with E-state index in [0.717, 1.165) is 93.7 Å². The topological polar surface area (TPSA) is 250 Å². The average molecular weight is 1930 g/mol. The third-order valence-electron chi connectivity index (χ3n) is 27.4. The second kappa shape index (κ2) is 39.9. The number of carbonyl (C=O) groups excluding carboxylic acids is 3. The lowest BCUT2D eigenvalue weighted by Crippen LogP contribution is -2.60. The van der Waals surface area contributed by atoms with Crippen LogP contribution >= 0.6 is 0 Å². The quantitative estimate of drug-likeness (QED) is 0.0213. The second-order valence-electron chi connectivity index (χ2n) is 37.9. The summed E-state index contributed by atoms with van der Waals surface area (Å²) >= 11 is 0. The summed E-state index contributed by atoms with van der Waals surface area (Å²) in [4.78, 5) is 47.4. The van der Waals surface area contributed by atoms with Crippen LogP contribution in [0.3, 0.4) is 0 Å². The molecule has 11 aromatic carbocycles. The first-order valence-electron chi connectivity index (χ1n) is 44.7. The number of rotatable bonds is 21. The molecule has 0 N–H and O–H groups in total. The fourth-order valence-electron chi connectivity index (χ4n) is 23.5. The molecule has 11 aromatic rings. The van der Waals surface area contributed by atoms with Crippen LogP contribution in [0, 0.1) is 60.2 Å². The van der Waals surface area contributed by atoms with Crippen molar-refractivity contribution in [2.24, 2.45) is 46.3 Å². The number of alkyl halides is 6. The van der Waals surface area contributed by atoms with Crippen molar-refractivity contribution in [3.8, 4) is 0 Å². The largest absolute Gasteiger partial charge is 0.743 e. The van der Waals surface area contributed by atoms with E-state index in [1.165, 1.54) is 49.6 Å². The highest BCUT2D eigenvalue weighted by Crippen LogP contribution is 2.68. The van der Waals surface area contributed by atoms with Gasteiger partial charge in [0.15, 0.2) is 74.4 Å². The van der Waals surface area contributed by atoms with Crippen molar-refractivity contribution >= 4 is 80.9 Å². The Morgan fingerprint density at radius 3 is 0.767 bits per heavy atom. The smallest absolute Gasteiger partial charge is 0.428 e. The van der Waals surface area contributed by atoms with Gasteiger partial charge in [-0.1, -0.05) is 230 Å². The predicted octanol–water partition coefficient (Wildman–Crippen LogP) is 23.2. The summed E-state index contributed by atoms with van der Waals surface area (Å²) in [6.07, 6.45) is 13.9. The number of hydrogen-bond donors (Lipinski definition) is 0. The van der Waals surface area contributed by atoms with Gasteiger partial charge in [-0.3, -0.25) is 0 Å². The lowest BCUT2D eigenvalue weighted by atomic mass is 9.43. The van der Waals surface area contributed by atoms with E-state index in [4.69, 9.17) is 14.2 Å². The molecule has 23 rings (SSSR count). The van der Waals surface area contributed by atoms with Crippen LogP contribution in [0.25, 0.3) is 0 Å². The van der Waals surface area contributed by atoms with Crippen molar-refractivity contribution in [1.82, 2.24) is 0 Å². The van der Waals surface area contributed by atoms with E-state index in [9.17, 15) is 79.6 Å². The standard InChI is InChI=1S/C20H24F2O5S.C19H22F2O5S.3C18H15S.C13H18F2O5S/c1-13-2-4-16(5-3-13)19-9-14-6-15(10-19)8-18(7-14,11-19)12-27-17(23)20(21,22)28(24,25)26;1-12-2-4-15(5-3-12)17-7-13-6-14(8-17)10-18(9-13,11-17)26-16(22)19(20,21)27(23,24)25;3*1-4-10-16(11-5-1)19(17-12-6-2-7-13-17)18-14-8-3-9-15-18;1-11-3-8-2-9(4-11)6-12(5-8,7-11)20-10(16)13(14,15)21(17,18)19/h2-5,14-15H,6-12H2,1H3,(H,24,25,26);2-5,13-14H,6-11H2,1H3,(H,23,24,25);3*1-15H;8-9H,2-7H2,1H3,(H,17,18,19)/q;;3*+1;/p-3. The first kappa shape index (κ1) is 97.7. The van der Waals surface area contributed by atoms with Crippen LogP contribution in [0.5, 0.6) is 0 Å². The molecule has 0 aromatic heterocycles. The molecule has 698 valence electrons. The van der Waals surface area contributed by atoms with E-state index in [2.05, 4.69) is 304 Å². The van der Waals surface area contributed by atoms with Gasteiger partial charge in [-0.2, -0.15) is 26.3 Å². The number of halogens is 6. The van der Waals surface area contributed by atoms with Crippen LogP contribution in [-0.2, 0) is 102 Å². The lowest BCUT2D eigenvalue weighted by molar-refractivity contribution is -0.211. The molecule has 12 aliphatic rings. The van der Waals surface area contributed by atoms with Crippen LogP contribution < -0.4 is 0 Å². The van der Waals surface area contributed by atoms with Crippen molar-refractivity contribution in [3.05, 3.63) is 344 Å².